The Morgan fingerprint density at radius 2 is 1.96 bits per heavy atom. The fourth-order valence-corrected chi connectivity index (χ4v) is 2.82. The van der Waals surface area contributed by atoms with Gasteiger partial charge in [0.25, 0.3) is 0 Å². The van der Waals surface area contributed by atoms with Crippen LogP contribution >= 0.6 is 0 Å². The summed E-state index contributed by atoms with van der Waals surface area (Å²) in [5.74, 6) is -2.28. The predicted molar refractivity (Wildman–Crippen MR) is 90.9 cm³/mol. The maximum absolute atomic E-state index is 13.3. The quantitative estimate of drug-likeness (QED) is 0.665. The van der Waals surface area contributed by atoms with E-state index in [2.05, 4.69) is 10.3 Å². The van der Waals surface area contributed by atoms with Gasteiger partial charge in [0.1, 0.15) is 0 Å². The number of benzene rings is 2. The number of aliphatic hydroxyl groups is 1. The Kier molecular flexibility index (Phi) is 4.81. The van der Waals surface area contributed by atoms with Crippen LogP contribution in [0.5, 0.6) is 0 Å². The van der Waals surface area contributed by atoms with Crippen molar-refractivity contribution in [3.05, 3.63) is 71.4 Å². The molecule has 2 aromatic carbocycles. The summed E-state index contributed by atoms with van der Waals surface area (Å²) in [6.45, 7) is 1.61. The Hall–Kier alpha value is -2.73. The lowest BCUT2D eigenvalue weighted by molar-refractivity contribution is -0.121. The molecular formula is C19H18F2N2O2. The number of fused-ring (bicyclic) bond motifs is 1. The third-order valence-electron chi connectivity index (χ3n) is 4.17. The molecule has 0 aliphatic heterocycles. The number of para-hydroxylation sites is 1. The van der Waals surface area contributed by atoms with Crippen LogP contribution in [-0.2, 0) is 11.2 Å². The average molecular weight is 344 g/mol. The van der Waals surface area contributed by atoms with Crippen LogP contribution in [0.4, 0.5) is 8.78 Å². The van der Waals surface area contributed by atoms with E-state index in [0.29, 0.717) is 0 Å². The number of aromatic amines is 1. The minimum atomic E-state index is -1.14. The zero-order chi connectivity index (χ0) is 18.0. The number of amides is 1. The summed E-state index contributed by atoms with van der Waals surface area (Å²) in [6.07, 6.45) is 0.793. The molecular weight excluding hydrogens is 326 g/mol. The topological polar surface area (TPSA) is 65.1 Å². The van der Waals surface area contributed by atoms with Crippen molar-refractivity contribution in [1.82, 2.24) is 10.3 Å². The Labute approximate surface area is 143 Å². The number of rotatable bonds is 5. The van der Waals surface area contributed by atoms with Crippen LogP contribution in [0.3, 0.4) is 0 Å². The average Bonchev–Trinajstić information content (AvgIpc) is 2.99. The highest BCUT2D eigenvalue weighted by Gasteiger charge is 2.20. The Bertz CT molecular complexity index is 907. The number of H-pyrrole nitrogens is 1. The summed E-state index contributed by atoms with van der Waals surface area (Å²) in [5.41, 5.74) is 2.00. The van der Waals surface area contributed by atoms with Gasteiger partial charge in [-0.25, -0.2) is 8.78 Å². The minimum absolute atomic E-state index is 0.152. The van der Waals surface area contributed by atoms with Crippen LogP contribution in [0.25, 0.3) is 10.9 Å². The van der Waals surface area contributed by atoms with Crippen LogP contribution in [-0.4, -0.2) is 22.0 Å². The van der Waals surface area contributed by atoms with E-state index in [-0.39, 0.29) is 17.9 Å². The Morgan fingerprint density at radius 1 is 1.20 bits per heavy atom. The van der Waals surface area contributed by atoms with Crippen LogP contribution in [0.1, 0.15) is 24.2 Å². The van der Waals surface area contributed by atoms with E-state index in [9.17, 15) is 18.7 Å². The summed E-state index contributed by atoms with van der Waals surface area (Å²) in [6, 6.07) is 10.2. The normalized spacial score (nSPS) is 13.6. The molecule has 0 radical (unpaired) electrons. The van der Waals surface area contributed by atoms with Gasteiger partial charge in [-0.05, 0) is 36.2 Å². The van der Waals surface area contributed by atoms with Crippen molar-refractivity contribution in [3.63, 3.8) is 0 Å². The molecule has 3 N–H and O–H groups in total. The molecule has 0 spiro atoms. The van der Waals surface area contributed by atoms with Gasteiger partial charge < -0.3 is 15.4 Å². The number of aliphatic hydroxyl groups excluding tert-OH is 1. The molecule has 6 heteroatoms. The number of carbonyl (C=O) groups excluding carboxylic acids is 1. The maximum Gasteiger partial charge on any atom is 0.224 e. The lowest BCUT2D eigenvalue weighted by Gasteiger charge is -2.20. The van der Waals surface area contributed by atoms with Crippen molar-refractivity contribution in [2.24, 2.45) is 0 Å². The van der Waals surface area contributed by atoms with Gasteiger partial charge in [0.15, 0.2) is 11.6 Å². The highest BCUT2D eigenvalue weighted by Crippen LogP contribution is 2.21. The highest BCUT2D eigenvalue weighted by molar-refractivity contribution is 5.88. The lowest BCUT2D eigenvalue weighted by Crippen LogP contribution is -2.38. The molecule has 1 aromatic heterocycles. The van der Waals surface area contributed by atoms with Crippen molar-refractivity contribution < 1.29 is 18.7 Å². The summed E-state index contributed by atoms with van der Waals surface area (Å²) in [7, 11) is 0. The molecule has 3 aromatic rings. The maximum atomic E-state index is 13.3. The molecule has 25 heavy (non-hydrogen) atoms. The second-order valence-corrected chi connectivity index (χ2v) is 6.01. The Balaban J connectivity index is 1.66. The van der Waals surface area contributed by atoms with Gasteiger partial charge in [-0.15, -0.1) is 0 Å². The SMILES string of the molecule is CC(NC(=O)Cc1c[nH]c2ccccc12)C(O)c1ccc(F)c(F)c1. The number of hydrogen-bond donors (Lipinski definition) is 3. The van der Waals surface area contributed by atoms with E-state index < -0.39 is 23.8 Å². The van der Waals surface area contributed by atoms with E-state index in [0.717, 1.165) is 28.6 Å². The first kappa shape index (κ1) is 17.1. The summed E-state index contributed by atoms with van der Waals surface area (Å²) >= 11 is 0. The molecule has 0 bridgehead atoms. The molecule has 0 saturated heterocycles. The molecule has 0 aliphatic rings. The van der Waals surface area contributed by atoms with Crippen LogP contribution in [0.15, 0.2) is 48.7 Å². The second-order valence-electron chi connectivity index (χ2n) is 6.01. The molecule has 0 fully saturated rings. The number of nitrogens with one attached hydrogen (secondary N) is 2. The van der Waals surface area contributed by atoms with Gasteiger partial charge >= 0.3 is 0 Å². The first-order valence-electron chi connectivity index (χ1n) is 7.93. The van der Waals surface area contributed by atoms with Crippen molar-refractivity contribution >= 4 is 16.8 Å². The molecule has 4 nitrogen and oxygen atoms in total. The predicted octanol–water partition coefficient (Wildman–Crippen LogP) is 3.23. The minimum Gasteiger partial charge on any atom is -0.386 e. The fraction of sp³-hybridized carbons (Fsp3) is 0.211. The lowest BCUT2D eigenvalue weighted by atomic mass is 10.0. The van der Waals surface area contributed by atoms with E-state index in [1.165, 1.54) is 6.07 Å². The fourth-order valence-electron chi connectivity index (χ4n) is 2.82. The van der Waals surface area contributed by atoms with Crippen LogP contribution < -0.4 is 5.32 Å². The molecule has 1 amide bonds. The molecule has 1 heterocycles. The van der Waals surface area contributed by atoms with E-state index in [1.54, 1.807) is 13.1 Å². The smallest absolute Gasteiger partial charge is 0.224 e. The third-order valence-corrected chi connectivity index (χ3v) is 4.17. The summed E-state index contributed by atoms with van der Waals surface area (Å²) in [5, 5.41) is 13.9. The third kappa shape index (κ3) is 3.69. The largest absolute Gasteiger partial charge is 0.386 e. The van der Waals surface area contributed by atoms with Crippen molar-refractivity contribution in [1.29, 1.82) is 0 Å². The standard InChI is InChI=1S/C19H18F2N2O2/c1-11(19(25)12-6-7-15(20)16(21)8-12)23-18(24)9-13-10-22-17-5-3-2-4-14(13)17/h2-8,10-11,19,22,25H,9H2,1H3,(H,23,24). The van der Waals surface area contributed by atoms with Crippen molar-refractivity contribution in [2.45, 2.75) is 25.5 Å². The first-order valence-corrected chi connectivity index (χ1v) is 7.93. The zero-order valence-corrected chi connectivity index (χ0v) is 13.6. The van der Waals surface area contributed by atoms with Gasteiger partial charge in [-0.3, -0.25) is 4.79 Å². The van der Waals surface area contributed by atoms with Gasteiger partial charge in [0, 0.05) is 17.1 Å². The van der Waals surface area contributed by atoms with Crippen molar-refractivity contribution in [3.8, 4) is 0 Å². The monoisotopic (exact) mass is 344 g/mol. The van der Waals surface area contributed by atoms with Gasteiger partial charge in [-0.2, -0.15) is 0 Å². The van der Waals surface area contributed by atoms with Gasteiger partial charge in [0.2, 0.25) is 5.91 Å². The number of aromatic nitrogens is 1. The Morgan fingerprint density at radius 3 is 2.72 bits per heavy atom. The number of carbonyl (C=O) groups is 1. The number of halogens is 2. The van der Waals surface area contributed by atoms with E-state index in [1.807, 2.05) is 24.3 Å². The van der Waals surface area contributed by atoms with E-state index in [4.69, 9.17) is 0 Å². The van der Waals surface area contributed by atoms with Crippen LogP contribution in [0, 0.1) is 11.6 Å². The zero-order valence-electron chi connectivity index (χ0n) is 13.6. The summed E-state index contributed by atoms with van der Waals surface area (Å²) in [4.78, 5) is 15.4. The molecule has 2 atom stereocenters. The summed E-state index contributed by atoms with van der Waals surface area (Å²) < 4.78 is 26.3. The van der Waals surface area contributed by atoms with Crippen molar-refractivity contribution in [2.75, 3.05) is 0 Å². The highest BCUT2D eigenvalue weighted by atomic mass is 19.2. The van der Waals surface area contributed by atoms with Gasteiger partial charge in [-0.1, -0.05) is 24.3 Å². The molecule has 0 aliphatic carbocycles. The van der Waals surface area contributed by atoms with Gasteiger partial charge in [0.05, 0.1) is 18.6 Å². The first-order chi connectivity index (χ1) is 12.0. The second kappa shape index (κ2) is 7.03. The van der Waals surface area contributed by atoms with Crippen LogP contribution in [0.2, 0.25) is 0 Å². The molecule has 2 unspecified atom stereocenters. The number of hydrogen-bond acceptors (Lipinski definition) is 2. The molecule has 130 valence electrons. The molecule has 3 rings (SSSR count). The van der Waals surface area contributed by atoms with E-state index >= 15 is 0 Å². The molecule has 0 saturated carbocycles.